The average Bonchev–Trinajstić information content (AvgIpc) is 3.31. The van der Waals surface area contributed by atoms with Gasteiger partial charge in [0.05, 0.1) is 17.5 Å². The average molecular weight is 383 g/mol. The molecule has 4 rings (SSSR count). The first-order valence-corrected chi connectivity index (χ1v) is 10.6. The number of benzene rings is 1. The van der Waals surface area contributed by atoms with Crippen molar-refractivity contribution in [1.82, 2.24) is 14.9 Å². The van der Waals surface area contributed by atoms with Crippen molar-refractivity contribution in [2.45, 2.75) is 45.2 Å². The summed E-state index contributed by atoms with van der Waals surface area (Å²) in [7, 11) is 0. The van der Waals surface area contributed by atoms with Crippen LogP contribution in [-0.4, -0.2) is 34.6 Å². The number of rotatable bonds is 6. The van der Waals surface area contributed by atoms with E-state index in [4.69, 9.17) is 4.98 Å². The Morgan fingerprint density at radius 2 is 2.04 bits per heavy atom. The van der Waals surface area contributed by atoms with Crippen molar-refractivity contribution in [1.29, 1.82) is 0 Å². The molecule has 1 aromatic carbocycles. The fourth-order valence-corrected chi connectivity index (χ4v) is 4.53. The van der Waals surface area contributed by atoms with Gasteiger partial charge in [-0.2, -0.15) is 0 Å². The number of para-hydroxylation sites is 2. The number of amides is 1. The third kappa shape index (κ3) is 4.00. The quantitative estimate of drug-likeness (QED) is 0.705. The van der Waals surface area contributed by atoms with Gasteiger partial charge < -0.3 is 14.8 Å². The zero-order valence-electron chi connectivity index (χ0n) is 15.7. The largest absolute Gasteiger partial charge is 0.353 e. The standard InChI is InChI=1S/C21H26N4OS/c1-2-11-25-19-8-4-3-7-18(19)23-21(25)24-12-9-16(10-13-24)22-20(26)15-17-6-5-14-27-17/h3-8,14,16H,2,9-13,15H2,1H3,(H,22,26). The highest BCUT2D eigenvalue weighted by atomic mass is 32.1. The van der Waals surface area contributed by atoms with Crippen molar-refractivity contribution in [3.05, 3.63) is 46.7 Å². The van der Waals surface area contributed by atoms with Gasteiger partial charge in [-0.15, -0.1) is 11.3 Å². The van der Waals surface area contributed by atoms with E-state index in [1.165, 1.54) is 5.52 Å². The Morgan fingerprint density at radius 1 is 1.22 bits per heavy atom. The topological polar surface area (TPSA) is 50.2 Å². The normalized spacial score (nSPS) is 15.4. The van der Waals surface area contributed by atoms with E-state index in [9.17, 15) is 4.79 Å². The van der Waals surface area contributed by atoms with Gasteiger partial charge in [-0.05, 0) is 42.8 Å². The number of nitrogens with zero attached hydrogens (tertiary/aromatic N) is 3. The van der Waals surface area contributed by atoms with E-state index in [2.05, 4.69) is 39.9 Å². The number of hydrogen-bond acceptors (Lipinski definition) is 4. The number of aryl methyl sites for hydroxylation is 1. The minimum absolute atomic E-state index is 0.133. The van der Waals surface area contributed by atoms with Gasteiger partial charge in [-0.25, -0.2) is 4.98 Å². The van der Waals surface area contributed by atoms with E-state index >= 15 is 0 Å². The highest BCUT2D eigenvalue weighted by Gasteiger charge is 2.24. The van der Waals surface area contributed by atoms with Gasteiger partial charge >= 0.3 is 0 Å². The summed E-state index contributed by atoms with van der Waals surface area (Å²) in [6.45, 7) is 5.04. The van der Waals surface area contributed by atoms with Gasteiger partial charge in [0.15, 0.2) is 0 Å². The maximum atomic E-state index is 12.3. The van der Waals surface area contributed by atoms with Crippen LogP contribution in [0.4, 0.5) is 5.95 Å². The Kier molecular flexibility index (Phi) is 5.43. The van der Waals surface area contributed by atoms with Crippen LogP contribution in [0.3, 0.4) is 0 Å². The van der Waals surface area contributed by atoms with Gasteiger partial charge in [0.1, 0.15) is 0 Å². The first-order valence-electron chi connectivity index (χ1n) is 9.76. The summed E-state index contributed by atoms with van der Waals surface area (Å²) in [5.41, 5.74) is 2.27. The fraction of sp³-hybridized carbons (Fsp3) is 0.429. The zero-order chi connectivity index (χ0) is 18.6. The van der Waals surface area contributed by atoms with Crippen LogP contribution in [0.5, 0.6) is 0 Å². The van der Waals surface area contributed by atoms with Gasteiger partial charge in [0, 0.05) is 30.6 Å². The Bertz CT molecular complexity index is 894. The van der Waals surface area contributed by atoms with Crippen molar-refractivity contribution in [2.75, 3.05) is 18.0 Å². The predicted octanol–water partition coefficient (Wildman–Crippen LogP) is 3.84. The molecule has 0 radical (unpaired) electrons. The molecule has 0 bridgehead atoms. The molecule has 0 spiro atoms. The van der Waals surface area contributed by atoms with E-state index in [0.717, 1.165) is 55.2 Å². The maximum absolute atomic E-state index is 12.3. The van der Waals surface area contributed by atoms with Gasteiger partial charge in [-0.3, -0.25) is 4.79 Å². The molecule has 1 aliphatic heterocycles. The summed E-state index contributed by atoms with van der Waals surface area (Å²) in [4.78, 5) is 20.6. The molecule has 6 heteroatoms. The SMILES string of the molecule is CCCn1c(N2CCC(NC(=O)Cc3cccs3)CC2)nc2ccccc21. The molecule has 1 N–H and O–H groups in total. The first kappa shape index (κ1) is 18.0. The molecule has 3 aromatic rings. The van der Waals surface area contributed by atoms with Crippen molar-refractivity contribution >= 4 is 34.2 Å². The first-order chi connectivity index (χ1) is 13.2. The van der Waals surface area contributed by atoms with Gasteiger partial charge in [0.2, 0.25) is 11.9 Å². The van der Waals surface area contributed by atoms with Crippen LogP contribution >= 0.6 is 11.3 Å². The fourth-order valence-electron chi connectivity index (χ4n) is 3.82. The molecule has 1 amide bonds. The Balaban J connectivity index is 1.40. The van der Waals surface area contributed by atoms with E-state index < -0.39 is 0 Å². The zero-order valence-corrected chi connectivity index (χ0v) is 16.5. The number of fused-ring (bicyclic) bond motifs is 1. The minimum atomic E-state index is 0.133. The number of aromatic nitrogens is 2. The molecular formula is C21H26N4OS. The molecule has 1 aliphatic rings. The number of carbonyl (C=O) groups is 1. The Labute approximate surface area is 164 Å². The van der Waals surface area contributed by atoms with Crippen LogP contribution in [0.15, 0.2) is 41.8 Å². The highest BCUT2D eigenvalue weighted by Crippen LogP contribution is 2.25. The molecule has 27 heavy (non-hydrogen) atoms. The van der Waals surface area contributed by atoms with E-state index in [1.54, 1.807) is 11.3 Å². The van der Waals surface area contributed by atoms with Gasteiger partial charge in [0.25, 0.3) is 0 Å². The van der Waals surface area contributed by atoms with Gasteiger partial charge in [-0.1, -0.05) is 25.1 Å². The smallest absolute Gasteiger partial charge is 0.225 e. The third-order valence-electron chi connectivity index (χ3n) is 5.14. The third-order valence-corrected chi connectivity index (χ3v) is 6.02. The molecule has 1 saturated heterocycles. The van der Waals surface area contributed by atoms with Crippen molar-refractivity contribution < 1.29 is 4.79 Å². The van der Waals surface area contributed by atoms with Crippen molar-refractivity contribution in [3.63, 3.8) is 0 Å². The lowest BCUT2D eigenvalue weighted by atomic mass is 10.1. The summed E-state index contributed by atoms with van der Waals surface area (Å²) >= 11 is 1.64. The number of anilines is 1. The van der Waals surface area contributed by atoms with Crippen LogP contribution in [-0.2, 0) is 17.8 Å². The van der Waals surface area contributed by atoms with Crippen LogP contribution < -0.4 is 10.2 Å². The number of nitrogens with one attached hydrogen (secondary N) is 1. The van der Waals surface area contributed by atoms with Crippen LogP contribution in [0.25, 0.3) is 11.0 Å². The maximum Gasteiger partial charge on any atom is 0.225 e. The second-order valence-corrected chi connectivity index (χ2v) is 8.17. The van der Waals surface area contributed by atoms with Crippen LogP contribution in [0, 0.1) is 0 Å². The summed E-state index contributed by atoms with van der Waals surface area (Å²) in [5.74, 6) is 1.20. The molecule has 142 valence electrons. The lowest BCUT2D eigenvalue weighted by Gasteiger charge is -2.33. The lowest BCUT2D eigenvalue weighted by Crippen LogP contribution is -2.45. The molecule has 0 saturated carbocycles. The number of piperidine rings is 1. The Morgan fingerprint density at radius 3 is 2.78 bits per heavy atom. The van der Waals surface area contributed by atoms with Crippen LogP contribution in [0.1, 0.15) is 31.1 Å². The highest BCUT2D eigenvalue weighted by molar-refractivity contribution is 7.10. The monoisotopic (exact) mass is 382 g/mol. The molecule has 0 aliphatic carbocycles. The summed E-state index contributed by atoms with van der Waals surface area (Å²) < 4.78 is 2.34. The van der Waals surface area contributed by atoms with E-state index in [0.29, 0.717) is 6.42 Å². The van der Waals surface area contributed by atoms with Crippen LogP contribution in [0.2, 0.25) is 0 Å². The minimum Gasteiger partial charge on any atom is -0.353 e. The summed E-state index contributed by atoms with van der Waals surface area (Å²) in [6, 6.07) is 12.6. The molecule has 2 aromatic heterocycles. The van der Waals surface area contributed by atoms with Crippen molar-refractivity contribution in [2.24, 2.45) is 0 Å². The number of imidazole rings is 1. The summed E-state index contributed by atoms with van der Waals surface area (Å²) in [5, 5.41) is 5.23. The second kappa shape index (κ2) is 8.13. The molecule has 1 fully saturated rings. The Hall–Kier alpha value is -2.34. The summed E-state index contributed by atoms with van der Waals surface area (Å²) in [6.07, 6.45) is 3.50. The molecule has 0 atom stereocenters. The van der Waals surface area contributed by atoms with Crippen molar-refractivity contribution in [3.8, 4) is 0 Å². The molecular weight excluding hydrogens is 356 g/mol. The van der Waals surface area contributed by atoms with E-state index in [1.807, 2.05) is 23.6 Å². The lowest BCUT2D eigenvalue weighted by molar-refractivity contribution is -0.121. The predicted molar refractivity (Wildman–Crippen MR) is 111 cm³/mol. The number of thiophene rings is 1. The molecule has 5 nitrogen and oxygen atoms in total. The second-order valence-electron chi connectivity index (χ2n) is 7.14. The number of carbonyl (C=O) groups excluding carboxylic acids is 1. The van der Waals surface area contributed by atoms with E-state index in [-0.39, 0.29) is 11.9 Å². The molecule has 3 heterocycles. The number of hydrogen-bond donors (Lipinski definition) is 1. The molecule has 0 unspecified atom stereocenters.